The number of ether oxygens (including phenoxy) is 4. The Morgan fingerprint density at radius 2 is 1.46 bits per heavy atom. The van der Waals surface area contributed by atoms with Crippen molar-refractivity contribution in [2.75, 3.05) is 39.3 Å². The van der Waals surface area contributed by atoms with Gasteiger partial charge in [-0.15, -0.1) is 0 Å². The van der Waals surface area contributed by atoms with Gasteiger partial charge in [0.2, 0.25) is 5.91 Å². The summed E-state index contributed by atoms with van der Waals surface area (Å²) in [7, 11) is 1.59. The molecule has 3 aromatic rings. The zero-order valence-electron chi connectivity index (χ0n) is 21.2. The third kappa shape index (κ3) is 6.20. The van der Waals surface area contributed by atoms with Crippen molar-refractivity contribution in [2.45, 2.75) is 18.4 Å². The van der Waals surface area contributed by atoms with Crippen molar-refractivity contribution in [1.82, 2.24) is 5.32 Å². The second kappa shape index (κ2) is 12.1. The van der Waals surface area contributed by atoms with Crippen LogP contribution in [0.4, 0.5) is 5.69 Å². The summed E-state index contributed by atoms with van der Waals surface area (Å²) in [6, 6.07) is 14.5. The van der Waals surface area contributed by atoms with Crippen LogP contribution in [0.2, 0.25) is 5.02 Å². The van der Waals surface area contributed by atoms with Crippen molar-refractivity contribution in [3.63, 3.8) is 0 Å². The van der Waals surface area contributed by atoms with Crippen LogP contribution in [-0.2, 0) is 21.4 Å². The number of hydrogen-bond donors (Lipinski definition) is 1. The lowest BCUT2D eigenvalue weighted by Crippen LogP contribution is -2.41. The number of hydrogen-bond acceptors (Lipinski definition) is 7. The smallest absolute Gasteiger partial charge is 0.268 e. The number of nitrogens with zero attached hydrogens (tertiary/aromatic N) is 1. The number of carbonyl (C=O) groups is 1. The number of rotatable bonds is 11. The molecule has 1 N–H and O–H groups in total. The highest BCUT2D eigenvalue weighted by atomic mass is 35.5. The van der Waals surface area contributed by atoms with Gasteiger partial charge in [-0.2, -0.15) is 0 Å². The van der Waals surface area contributed by atoms with E-state index < -0.39 is 22.5 Å². The molecule has 0 bridgehead atoms. The van der Waals surface area contributed by atoms with E-state index in [1.807, 2.05) is 0 Å². The fraction of sp³-hybridized carbons (Fsp3) is 0.269. The number of halogens is 1. The molecule has 0 unspecified atom stereocenters. The van der Waals surface area contributed by atoms with Crippen LogP contribution >= 0.6 is 11.6 Å². The first-order chi connectivity index (χ1) is 17.7. The van der Waals surface area contributed by atoms with Gasteiger partial charge in [-0.1, -0.05) is 23.7 Å². The molecule has 0 saturated carbocycles. The molecule has 0 aliphatic carbocycles. The first-order valence-corrected chi connectivity index (χ1v) is 13.0. The molecule has 37 heavy (non-hydrogen) atoms. The van der Waals surface area contributed by atoms with Crippen molar-refractivity contribution < 1.29 is 32.2 Å². The number of carbonyl (C=O) groups excluding carboxylic acids is 1. The molecule has 3 aromatic carbocycles. The number of aryl methyl sites for hydroxylation is 1. The molecule has 198 valence electrons. The van der Waals surface area contributed by atoms with E-state index in [2.05, 4.69) is 5.32 Å². The molecule has 0 saturated heterocycles. The molecule has 0 heterocycles. The van der Waals surface area contributed by atoms with Gasteiger partial charge in [0.05, 0.1) is 51.3 Å². The molecular weight excluding hydrogens is 520 g/mol. The summed E-state index contributed by atoms with van der Waals surface area (Å²) in [6.07, 6.45) is 0. The third-order valence-corrected chi connectivity index (χ3v) is 7.68. The van der Waals surface area contributed by atoms with Crippen LogP contribution in [0.25, 0.3) is 0 Å². The maximum absolute atomic E-state index is 13.9. The molecule has 3 rings (SSSR count). The van der Waals surface area contributed by atoms with E-state index in [0.29, 0.717) is 28.4 Å². The molecule has 0 aliphatic rings. The Morgan fingerprint density at radius 1 is 0.865 bits per heavy atom. The zero-order valence-corrected chi connectivity index (χ0v) is 22.8. The lowest BCUT2D eigenvalue weighted by Gasteiger charge is -2.25. The Morgan fingerprint density at radius 3 is 2.03 bits per heavy atom. The second-order valence-corrected chi connectivity index (χ2v) is 10.1. The minimum Gasteiger partial charge on any atom is -0.496 e. The quantitative estimate of drug-likeness (QED) is 0.383. The lowest BCUT2D eigenvalue weighted by molar-refractivity contribution is -0.119. The Kier molecular flexibility index (Phi) is 9.12. The highest BCUT2D eigenvalue weighted by Gasteiger charge is 2.31. The summed E-state index contributed by atoms with van der Waals surface area (Å²) in [5.74, 6) is 0.999. The summed E-state index contributed by atoms with van der Waals surface area (Å²) < 4.78 is 50.0. The van der Waals surface area contributed by atoms with Crippen LogP contribution in [0.1, 0.15) is 11.1 Å². The number of nitrogens with one attached hydrogen (secondary N) is 1. The van der Waals surface area contributed by atoms with E-state index in [1.165, 1.54) is 52.7 Å². The fourth-order valence-electron chi connectivity index (χ4n) is 3.71. The third-order valence-electron chi connectivity index (χ3n) is 5.59. The number of benzene rings is 3. The average Bonchev–Trinajstić information content (AvgIpc) is 2.90. The van der Waals surface area contributed by atoms with Gasteiger partial charge in [0.1, 0.15) is 34.4 Å². The van der Waals surface area contributed by atoms with Gasteiger partial charge < -0.3 is 24.3 Å². The van der Waals surface area contributed by atoms with E-state index in [-0.39, 0.29) is 27.9 Å². The number of methoxy groups -OCH3 is 4. The van der Waals surface area contributed by atoms with Gasteiger partial charge in [0.15, 0.2) is 0 Å². The molecule has 11 heteroatoms. The Hall–Kier alpha value is -3.63. The molecule has 0 atom stereocenters. The van der Waals surface area contributed by atoms with E-state index in [9.17, 15) is 13.2 Å². The monoisotopic (exact) mass is 548 g/mol. The van der Waals surface area contributed by atoms with E-state index in [4.69, 9.17) is 30.5 Å². The molecule has 0 radical (unpaired) electrons. The van der Waals surface area contributed by atoms with E-state index in [1.54, 1.807) is 37.3 Å². The van der Waals surface area contributed by atoms with Crippen LogP contribution in [0.3, 0.4) is 0 Å². The maximum Gasteiger partial charge on any atom is 0.268 e. The molecule has 0 aromatic heterocycles. The highest BCUT2D eigenvalue weighted by molar-refractivity contribution is 7.93. The van der Waals surface area contributed by atoms with Crippen molar-refractivity contribution in [3.05, 3.63) is 70.7 Å². The Bertz CT molecular complexity index is 1360. The SMILES string of the molecule is COc1ccc(N(CC(=O)NCc2c(OC)cccc2OC)S(=O)(=O)c2cc(C)ccc2OC)cc1Cl. The van der Waals surface area contributed by atoms with Crippen LogP contribution in [0, 0.1) is 6.92 Å². The Labute approximate surface area is 221 Å². The molecule has 9 nitrogen and oxygen atoms in total. The summed E-state index contributed by atoms with van der Waals surface area (Å²) in [4.78, 5) is 13.0. The standard InChI is InChI=1S/C26H29ClN2O7S/c1-17-9-11-24(36-5)25(13-17)37(31,32)29(18-10-12-23(35-4)20(27)14-18)16-26(30)28-15-19-21(33-2)7-6-8-22(19)34-3/h6-14H,15-16H2,1-5H3,(H,28,30). The van der Waals surface area contributed by atoms with Gasteiger partial charge >= 0.3 is 0 Å². The summed E-state index contributed by atoms with van der Waals surface area (Å²) >= 11 is 6.30. The summed E-state index contributed by atoms with van der Waals surface area (Å²) in [6.45, 7) is 1.29. The van der Waals surface area contributed by atoms with Crippen molar-refractivity contribution in [3.8, 4) is 23.0 Å². The predicted octanol–water partition coefficient (Wildman–Crippen LogP) is 4.19. The average molecular weight is 549 g/mol. The molecule has 0 spiro atoms. The molecule has 0 fully saturated rings. The van der Waals surface area contributed by atoms with Crippen LogP contribution < -0.4 is 28.6 Å². The normalized spacial score (nSPS) is 11.0. The van der Waals surface area contributed by atoms with Gasteiger partial charge in [0, 0.05) is 0 Å². The molecule has 0 aliphatic heterocycles. The van der Waals surface area contributed by atoms with Crippen molar-refractivity contribution >= 4 is 33.2 Å². The number of anilines is 1. The molecule has 1 amide bonds. The van der Waals surface area contributed by atoms with Crippen molar-refractivity contribution in [1.29, 1.82) is 0 Å². The fourth-order valence-corrected chi connectivity index (χ4v) is 5.61. The first kappa shape index (κ1) is 27.9. The predicted molar refractivity (Wildman–Crippen MR) is 142 cm³/mol. The minimum atomic E-state index is -4.26. The van der Waals surface area contributed by atoms with Crippen LogP contribution in [0.5, 0.6) is 23.0 Å². The maximum atomic E-state index is 13.9. The van der Waals surface area contributed by atoms with Gasteiger partial charge in [0.25, 0.3) is 10.0 Å². The van der Waals surface area contributed by atoms with Crippen molar-refractivity contribution in [2.24, 2.45) is 0 Å². The van der Waals surface area contributed by atoms with Crippen LogP contribution in [-0.4, -0.2) is 49.3 Å². The van der Waals surface area contributed by atoms with Gasteiger partial charge in [-0.25, -0.2) is 8.42 Å². The molecular formula is C26H29ClN2O7S. The highest BCUT2D eigenvalue weighted by Crippen LogP contribution is 2.35. The van der Waals surface area contributed by atoms with Gasteiger partial charge in [-0.05, 0) is 55.0 Å². The number of amides is 1. The minimum absolute atomic E-state index is 0.0526. The first-order valence-electron chi connectivity index (χ1n) is 11.1. The summed E-state index contributed by atoms with van der Waals surface area (Å²) in [5, 5.41) is 2.95. The lowest BCUT2D eigenvalue weighted by atomic mass is 10.1. The van der Waals surface area contributed by atoms with E-state index >= 15 is 0 Å². The van der Waals surface area contributed by atoms with Gasteiger partial charge in [-0.3, -0.25) is 9.10 Å². The van der Waals surface area contributed by atoms with E-state index in [0.717, 1.165) is 4.31 Å². The topological polar surface area (TPSA) is 103 Å². The second-order valence-electron chi connectivity index (χ2n) is 7.90. The van der Waals surface area contributed by atoms with Crippen LogP contribution in [0.15, 0.2) is 59.5 Å². The largest absolute Gasteiger partial charge is 0.496 e. The summed E-state index contributed by atoms with van der Waals surface area (Å²) in [5.41, 5.74) is 1.50. The number of sulfonamides is 1. The Balaban J connectivity index is 1.99. The zero-order chi connectivity index (χ0) is 27.2.